The molecule has 1 atom stereocenters. The fourth-order valence-electron chi connectivity index (χ4n) is 0.493. The van der Waals surface area contributed by atoms with Crippen molar-refractivity contribution < 1.29 is 19.4 Å². The molecular weight excluding hydrogens is 152 g/mol. The summed E-state index contributed by atoms with van der Waals surface area (Å²) in [6.07, 6.45) is 0. The third-order valence-electron chi connectivity index (χ3n) is 0.985. The van der Waals surface area contributed by atoms with E-state index in [1.165, 1.54) is 0 Å². The Labute approximate surface area is 63.3 Å². The van der Waals surface area contributed by atoms with Gasteiger partial charge in [-0.3, -0.25) is 0 Å². The number of hydrogen-bond acceptors (Lipinski definition) is 4. The highest BCUT2D eigenvalue weighted by molar-refractivity contribution is 5.82. The minimum absolute atomic E-state index is 0.532. The Hall–Kier alpha value is -1.30. The highest BCUT2D eigenvalue weighted by Gasteiger charge is 2.18. The van der Waals surface area contributed by atoms with Crippen LogP contribution in [0, 0.1) is 0 Å². The minimum Gasteiger partial charge on any atom is -0.467 e. The van der Waals surface area contributed by atoms with Gasteiger partial charge < -0.3 is 20.9 Å². The molecule has 64 valence electrons. The van der Waals surface area contributed by atoms with E-state index in [1.54, 1.807) is 0 Å². The first-order valence-electron chi connectivity index (χ1n) is 2.86. The number of methoxy groups -OCH3 is 1. The predicted molar refractivity (Wildman–Crippen MR) is 35.6 cm³/mol. The molecule has 6 heteroatoms. The number of amides is 2. The second-order valence-corrected chi connectivity index (χ2v) is 1.77. The van der Waals surface area contributed by atoms with Crippen molar-refractivity contribution in [3.8, 4) is 0 Å². The van der Waals surface area contributed by atoms with E-state index in [-0.39, 0.29) is 0 Å². The van der Waals surface area contributed by atoms with Crippen LogP contribution >= 0.6 is 0 Å². The maximum Gasteiger partial charge on any atom is 0.330 e. The van der Waals surface area contributed by atoms with Crippen molar-refractivity contribution in [1.29, 1.82) is 0 Å². The third-order valence-corrected chi connectivity index (χ3v) is 0.985. The van der Waals surface area contributed by atoms with Crippen LogP contribution in [0.4, 0.5) is 4.79 Å². The fourth-order valence-corrected chi connectivity index (χ4v) is 0.493. The fraction of sp³-hybridized carbons (Fsp3) is 0.600. The maximum absolute atomic E-state index is 10.6. The Morgan fingerprint density at radius 2 is 2.27 bits per heavy atom. The molecule has 0 saturated heterocycles. The summed E-state index contributed by atoms with van der Waals surface area (Å²) in [7, 11) is 1.15. The Kier molecular flexibility index (Phi) is 3.97. The topological polar surface area (TPSA) is 102 Å². The largest absolute Gasteiger partial charge is 0.467 e. The molecule has 0 unspecified atom stereocenters. The van der Waals surface area contributed by atoms with Gasteiger partial charge in [0.25, 0.3) is 0 Å². The van der Waals surface area contributed by atoms with Crippen LogP contribution in [0.25, 0.3) is 0 Å². The molecule has 0 aliphatic carbocycles. The summed E-state index contributed by atoms with van der Waals surface area (Å²) in [6.45, 7) is -0.532. The predicted octanol–water partition coefficient (Wildman–Crippen LogP) is -1.81. The number of esters is 1. The van der Waals surface area contributed by atoms with Gasteiger partial charge in [0.15, 0.2) is 6.04 Å². The van der Waals surface area contributed by atoms with E-state index in [4.69, 9.17) is 10.8 Å². The summed E-state index contributed by atoms with van der Waals surface area (Å²) in [6, 6.07) is -1.95. The molecule has 0 aliphatic heterocycles. The lowest BCUT2D eigenvalue weighted by Crippen LogP contribution is -2.46. The Morgan fingerprint density at radius 1 is 1.73 bits per heavy atom. The van der Waals surface area contributed by atoms with Crippen LogP contribution in [-0.4, -0.2) is 36.9 Å². The molecule has 0 rings (SSSR count). The zero-order valence-corrected chi connectivity index (χ0v) is 6.03. The van der Waals surface area contributed by atoms with Crippen LogP contribution < -0.4 is 11.1 Å². The molecule has 0 aliphatic rings. The molecule has 0 saturated carbocycles. The molecular formula is C5H10N2O4. The van der Waals surface area contributed by atoms with Gasteiger partial charge >= 0.3 is 12.0 Å². The van der Waals surface area contributed by atoms with Crippen molar-refractivity contribution in [2.45, 2.75) is 6.04 Å². The molecule has 4 N–H and O–H groups in total. The van der Waals surface area contributed by atoms with E-state index in [9.17, 15) is 9.59 Å². The Morgan fingerprint density at radius 3 is 2.55 bits per heavy atom. The molecule has 0 fully saturated rings. The number of ether oxygens (including phenoxy) is 1. The van der Waals surface area contributed by atoms with Gasteiger partial charge in [-0.25, -0.2) is 9.59 Å². The van der Waals surface area contributed by atoms with Crippen LogP contribution in [0.2, 0.25) is 0 Å². The van der Waals surface area contributed by atoms with Crippen LogP contribution in [0.15, 0.2) is 0 Å². The molecule has 0 spiro atoms. The lowest BCUT2D eigenvalue weighted by molar-refractivity contribution is -0.143. The van der Waals surface area contributed by atoms with Gasteiger partial charge in [0.05, 0.1) is 13.7 Å². The van der Waals surface area contributed by atoms with Gasteiger partial charge in [0.1, 0.15) is 0 Å². The lowest BCUT2D eigenvalue weighted by atomic mass is 10.3. The number of rotatable bonds is 3. The number of nitrogens with one attached hydrogen (secondary N) is 1. The van der Waals surface area contributed by atoms with Crippen molar-refractivity contribution in [2.75, 3.05) is 13.7 Å². The third kappa shape index (κ3) is 3.41. The number of primary amides is 1. The van der Waals surface area contributed by atoms with Gasteiger partial charge in [0.2, 0.25) is 0 Å². The molecule has 0 radical (unpaired) electrons. The normalized spacial score (nSPS) is 11.8. The van der Waals surface area contributed by atoms with Crippen molar-refractivity contribution >= 4 is 12.0 Å². The number of nitrogens with two attached hydrogens (primary N) is 1. The molecule has 0 heterocycles. The zero-order valence-electron chi connectivity index (χ0n) is 6.03. The van der Waals surface area contributed by atoms with Gasteiger partial charge in [-0.2, -0.15) is 0 Å². The standard InChI is InChI=1S/C5H10N2O4/c1-11-4(9)3(2-8)7-5(6)10/h3,8H,2H2,1H3,(H3,6,7,10)/t3-/m0/s1. The SMILES string of the molecule is COC(=O)[C@H](CO)NC(N)=O. The second-order valence-electron chi connectivity index (χ2n) is 1.77. The minimum atomic E-state index is -1.07. The quantitative estimate of drug-likeness (QED) is 0.425. The van der Waals surface area contributed by atoms with Gasteiger partial charge in [-0.15, -0.1) is 0 Å². The Balaban J connectivity index is 3.94. The summed E-state index contributed by atoms with van der Waals surface area (Å²) < 4.78 is 4.23. The summed E-state index contributed by atoms with van der Waals surface area (Å²) in [5.74, 6) is -0.730. The van der Waals surface area contributed by atoms with Gasteiger partial charge in [-0.05, 0) is 0 Å². The van der Waals surface area contributed by atoms with Crippen molar-refractivity contribution in [3.63, 3.8) is 0 Å². The highest BCUT2D eigenvalue weighted by Crippen LogP contribution is 1.84. The number of hydrogen-bond donors (Lipinski definition) is 3. The summed E-state index contributed by atoms with van der Waals surface area (Å²) in [5.41, 5.74) is 4.69. The first kappa shape index (κ1) is 9.70. The zero-order chi connectivity index (χ0) is 8.85. The molecule has 11 heavy (non-hydrogen) atoms. The van der Waals surface area contributed by atoms with E-state index >= 15 is 0 Å². The second kappa shape index (κ2) is 4.51. The number of aliphatic hydroxyl groups excluding tert-OH is 1. The monoisotopic (exact) mass is 162 g/mol. The lowest BCUT2D eigenvalue weighted by Gasteiger charge is -2.10. The molecule has 0 aromatic carbocycles. The summed E-state index contributed by atoms with van der Waals surface area (Å²) in [5, 5.41) is 10.5. The maximum atomic E-state index is 10.6. The number of carbonyl (C=O) groups is 2. The summed E-state index contributed by atoms with van der Waals surface area (Å²) >= 11 is 0. The van der Waals surface area contributed by atoms with E-state index in [0.717, 1.165) is 7.11 Å². The van der Waals surface area contributed by atoms with Crippen LogP contribution in [0.3, 0.4) is 0 Å². The van der Waals surface area contributed by atoms with Crippen LogP contribution in [0.5, 0.6) is 0 Å². The number of carbonyl (C=O) groups excluding carboxylic acids is 2. The van der Waals surface area contributed by atoms with E-state index in [0.29, 0.717) is 0 Å². The van der Waals surface area contributed by atoms with Gasteiger partial charge in [-0.1, -0.05) is 0 Å². The van der Waals surface area contributed by atoms with Crippen molar-refractivity contribution in [2.24, 2.45) is 5.73 Å². The number of urea groups is 1. The highest BCUT2D eigenvalue weighted by atomic mass is 16.5. The molecule has 2 amide bonds. The van der Waals surface area contributed by atoms with Crippen LogP contribution in [-0.2, 0) is 9.53 Å². The average molecular weight is 162 g/mol. The van der Waals surface area contributed by atoms with Crippen molar-refractivity contribution in [1.82, 2.24) is 5.32 Å². The molecule has 0 aromatic rings. The first-order chi connectivity index (χ1) is 5.11. The van der Waals surface area contributed by atoms with Gasteiger partial charge in [0, 0.05) is 0 Å². The number of aliphatic hydroxyl groups is 1. The Bertz CT molecular complexity index is 159. The first-order valence-corrected chi connectivity index (χ1v) is 2.86. The smallest absolute Gasteiger partial charge is 0.330 e. The summed E-state index contributed by atoms with van der Waals surface area (Å²) in [4.78, 5) is 20.8. The van der Waals surface area contributed by atoms with Crippen LogP contribution in [0.1, 0.15) is 0 Å². The van der Waals surface area contributed by atoms with E-state index in [1.807, 2.05) is 5.32 Å². The van der Waals surface area contributed by atoms with E-state index < -0.39 is 24.6 Å². The molecule has 0 aromatic heterocycles. The molecule has 6 nitrogen and oxygen atoms in total. The van der Waals surface area contributed by atoms with E-state index in [2.05, 4.69) is 4.74 Å². The average Bonchev–Trinajstić information content (AvgIpc) is 1.98. The molecule has 0 bridgehead atoms. The van der Waals surface area contributed by atoms with Crippen molar-refractivity contribution in [3.05, 3.63) is 0 Å².